The van der Waals surface area contributed by atoms with Gasteiger partial charge in [-0.25, -0.2) is 19.6 Å². The minimum Gasteiger partial charge on any atom is -0.453 e. The Morgan fingerprint density at radius 2 is 1.33 bits per heavy atom. The first kappa shape index (κ1) is 41.7. The van der Waals surface area contributed by atoms with Crippen molar-refractivity contribution in [2.45, 2.75) is 82.8 Å². The number of nitrogens with zero attached hydrogens (tertiary/aromatic N) is 3. The van der Waals surface area contributed by atoms with E-state index in [-0.39, 0.29) is 41.4 Å². The molecule has 5 aromatic rings. The van der Waals surface area contributed by atoms with Crippen LogP contribution in [0, 0.1) is 17.8 Å². The lowest BCUT2D eigenvalue weighted by atomic mass is 9.84. The number of amides is 3. The number of rotatable bonds is 12. The van der Waals surface area contributed by atoms with Gasteiger partial charge in [-0.3, -0.25) is 9.59 Å². The molecule has 1 saturated carbocycles. The van der Waals surface area contributed by atoms with Gasteiger partial charge >= 0.3 is 12.2 Å². The van der Waals surface area contributed by atoms with Crippen molar-refractivity contribution in [3.05, 3.63) is 84.7 Å². The predicted octanol–water partition coefficient (Wildman–Crippen LogP) is 7.94. The number of likely N-dealkylation sites (tertiary alicyclic amines) is 1. The summed E-state index contributed by atoms with van der Waals surface area (Å²) < 4.78 is 15.2. The molecule has 14 nitrogen and oxygen atoms in total. The van der Waals surface area contributed by atoms with Crippen LogP contribution in [-0.2, 0) is 23.8 Å². The number of aromatic nitrogens is 4. The standard InChI is InChI=1S/C47H55N7O7/c1-27(2)40(52-46(57)59-3)42(55)35-7-5-8-36(35)43-48-25-37(50-43)29-12-10-28(11-13-29)31-14-15-33-24-34(17-16-32(33)23-31)38-26-49-44(51-38)39-9-6-20-54(39)45(56)41(53-47(58)60-4)30-18-21-61-22-19-30/h10-17,23-27,30,35-36,39-41H,5-9,18-22H2,1-4H3,(H,48,50)(H,49,51)(H,52,57)(H,53,58)/t35?,36-,39+,40+,41+/m1/s1. The fourth-order valence-corrected chi connectivity index (χ4v) is 9.48. The lowest BCUT2D eigenvalue weighted by molar-refractivity contribution is -0.136. The van der Waals surface area contributed by atoms with Crippen LogP contribution in [0.2, 0.25) is 0 Å². The lowest BCUT2D eigenvalue weighted by Gasteiger charge is -2.34. The van der Waals surface area contributed by atoms with Gasteiger partial charge in [-0.05, 0) is 90.0 Å². The number of ether oxygens (including phenoxy) is 3. The number of aromatic amines is 2. The summed E-state index contributed by atoms with van der Waals surface area (Å²) in [5, 5.41) is 7.76. The molecule has 61 heavy (non-hydrogen) atoms. The van der Waals surface area contributed by atoms with Crippen LogP contribution in [0.4, 0.5) is 9.59 Å². The molecule has 0 spiro atoms. The summed E-state index contributed by atoms with van der Waals surface area (Å²) in [5.41, 5.74) is 5.95. The number of methoxy groups -OCH3 is 2. The number of carbonyl (C=O) groups is 4. The predicted molar refractivity (Wildman–Crippen MR) is 230 cm³/mol. The van der Waals surface area contributed by atoms with Crippen LogP contribution < -0.4 is 10.6 Å². The zero-order chi connectivity index (χ0) is 42.6. The van der Waals surface area contributed by atoms with Gasteiger partial charge in [0.05, 0.1) is 50.1 Å². The average molecular weight is 830 g/mol. The summed E-state index contributed by atoms with van der Waals surface area (Å²) >= 11 is 0. The third-order valence-electron chi connectivity index (χ3n) is 12.8. The number of imidazole rings is 2. The number of ketones is 1. The quantitative estimate of drug-likeness (QED) is 0.0971. The Morgan fingerprint density at radius 1 is 0.721 bits per heavy atom. The molecule has 14 heteroatoms. The van der Waals surface area contributed by atoms with Crippen LogP contribution in [0.1, 0.15) is 82.4 Å². The number of H-pyrrole nitrogens is 2. The molecule has 320 valence electrons. The molecule has 3 fully saturated rings. The second kappa shape index (κ2) is 18.3. The highest BCUT2D eigenvalue weighted by Gasteiger charge is 2.41. The normalized spacial score (nSPS) is 20.4. The highest BCUT2D eigenvalue weighted by Crippen LogP contribution is 2.41. The van der Waals surface area contributed by atoms with Gasteiger partial charge in [0.25, 0.3) is 0 Å². The van der Waals surface area contributed by atoms with Gasteiger partial charge in [0.15, 0.2) is 5.78 Å². The third kappa shape index (κ3) is 8.90. The van der Waals surface area contributed by atoms with E-state index >= 15 is 0 Å². The van der Waals surface area contributed by atoms with Gasteiger partial charge < -0.3 is 39.7 Å². The number of carbonyl (C=O) groups excluding carboxylic acids is 4. The van der Waals surface area contributed by atoms with Crippen molar-refractivity contribution in [1.29, 1.82) is 0 Å². The van der Waals surface area contributed by atoms with Gasteiger partial charge in [-0.2, -0.15) is 0 Å². The van der Waals surface area contributed by atoms with Crippen LogP contribution >= 0.6 is 0 Å². The van der Waals surface area contributed by atoms with Crippen molar-refractivity contribution in [3.63, 3.8) is 0 Å². The zero-order valence-corrected chi connectivity index (χ0v) is 35.2. The molecule has 2 aromatic heterocycles. The van der Waals surface area contributed by atoms with Gasteiger partial charge in [0.1, 0.15) is 17.7 Å². The Kier molecular flexibility index (Phi) is 12.5. The topological polar surface area (TPSA) is 181 Å². The lowest BCUT2D eigenvalue weighted by Crippen LogP contribution is -2.53. The van der Waals surface area contributed by atoms with Crippen molar-refractivity contribution in [1.82, 2.24) is 35.5 Å². The van der Waals surface area contributed by atoms with Gasteiger partial charge in [0.2, 0.25) is 5.91 Å². The zero-order valence-electron chi connectivity index (χ0n) is 35.2. The second-order valence-electron chi connectivity index (χ2n) is 16.9. The molecular weight excluding hydrogens is 775 g/mol. The Hall–Kier alpha value is -6.02. The summed E-state index contributed by atoms with van der Waals surface area (Å²) in [6, 6.07) is 19.7. The van der Waals surface area contributed by atoms with Gasteiger partial charge in [0, 0.05) is 37.2 Å². The number of hydrogen-bond donors (Lipinski definition) is 4. The first-order chi connectivity index (χ1) is 29.6. The molecule has 2 aliphatic heterocycles. The van der Waals surface area contributed by atoms with E-state index in [9.17, 15) is 19.2 Å². The number of nitrogens with one attached hydrogen (secondary N) is 4. The van der Waals surface area contributed by atoms with Gasteiger partial charge in [-0.1, -0.05) is 68.8 Å². The summed E-state index contributed by atoms with van der Waals surface area (Å²) in [6.07, 6.45) is 8.02. The fraction of sp³-hybridized carbons (Fsp3) is 0.447. The van der Waals surface area contributed by atoms with E-state index in [1.165, 1.54) is 14.2 Å². The Bertz CT molecular complexity index is 2370. The van der Waals surface area contributed by atoms with Crippen molar-refractivity contribution >= 4 is 34.6 Å². The third-order valence-corrected chi connectivity index (χ3v) is 12.8. The Balaban J connectivity index is 0.936. The van der Waals surface area contributed by atoms with E-state index in [2.05, 4.69) is 81.3 Å². The Morgan fingerprint density at radius 3 is 2.03 bits per heavy atom. The molecule has 5 atom stereocenters. The van der Waals surface area contributed by atoms with Crippen molar-refractivity contribution in [2.75, 3.05) is 34.0 Å². The largest absolute Gasteiger partial charge is 0.453 e. The molecular formula is C47H55N7O7. The highest BCUT2D eigenvalue weighted by molar-refractivity contribution is 5.92. The monoisotopic (exact) mass is 829 g/mol. The molecule has 1 aliphatic carbocycles. The maximum atomic E-state index is 14.0. The van der Waals surface area contributed by atoms with Crippen LogP contribution in [0.3, 0.4) is 0 Å². The van der Waals surface area contributed by atoms with Crippen LogP contribution in [0.15, 0.2) is 73.1 Å². The summed E-state index contributed by atoms with van der Waals surface area (Å²) in [7, 11) is 2.62. The van der Waals surface area contributed by atoms with Crippen LogP contribution in [0.5, 0.6) is 0 Å². The maximum Gasteiger partial charge on any atom is 0.407 e. The molecule has 0 bridgehead atoms. The number of Topliss-reactive ketones (excluding diaryl/α,β-unsaturated/α-hetero) is 1. The number of hydrogen-bond acceptors (Lipinski definition) is 9. The summed E-state index contributed by atoms with van der Waals surface area (Å²) in [6.45, 7) is 5.58. The second-order valence-corrected chi connectivity index (χ2v) is 16.9. The van der Waals surface area contributed by atoms with E-state index in [1.807, 2.05) is 31.1 Å². The van der Waals surface area contributed by atoms with Crippen molar-refractivity contribution in [3.8, 4) is 33.6 Å². The van der Waals surface area contributed by atoms with E-state index in [4.69, 9.17) is 24.2 Å². The smallest absolute Gasteiger partial charge is 0.407 e. The minimum atomic E-state index is -0.683. The number of fused-ring (bicyclic) bond motifs is 1. The number of benzene rings is 3. The molecule has 8 rings (SSSR count). The van der Waals surface area contributed by atoms with E-state index in [0.29, 0.717) is 32.6 Å². The van der Waals surface area contributed by atoms with Crippen LogP contribution in [-0.4, -0.2) is 94.8 Å². The minimum absolute atomic E-state index is 0.0262. The SMILES string of the molecule is COC(=O)N[C@H](C(=O)C1CCC[C@H]1c1ncc(-c2ccc(-c3ccc4cc(-c5cnc([C@@H]6CCCN6C(=O)[C@@H](NC(=O)OC)C6CCOCC6)[nH]5)ccc4c3)cc2)[nH]1)C(C)C. The van der Waals surface area contributed by atoms with Gasteiger partial charge in [-0.15, -0.1) is 0 Å². The van der Waals surface area contributed by atoms with Crippen molar-refractivity contribution in [2.24, 2.45) is 17.8 Å². The number of alkyl carbamates (subject to hydrolysis) is 2. The van der Waals surface area contributed by atoms with Crippen LogP contribution in [0.25, 0.3) is 44.4 Å². The molecule has 3 amide bonds. The molecule has 0 radical (unpaired) electrons. The van der Waals surface area contributed by atoms with E-state index < -0.39 is 24.3 Å². The molecule has 2 saturated heterocycles. The fourth-order valence-electron chi connectivity index (χ4n) is 9.48. The first-order valence-electron chi connectivity index (χ1n) is 21.5. The molecule has 4 heterocycles. The maximum absolute atomic E-state index is 14.0. The molecule has 3 aromatic carbocycles. The average Bonchev–Trinajstić information content (AvgIpc) is 4.14. The highest BCUT2D eigenvalue weighted by atomic mass is 16.5. The van der Waals surface area contributed by atoms with Crippen molar-refractivity contribution < 1.29 is 33.4 Å². The first-order valence-corrected chi connectivity index (χ1v) is 21.5. The molecule has 1 unspecified atom stereocenters. The molecule has 3 aliphatic rings. The molecule has 4 N–H and O–H groups in total. The Labute approximate surface area is 355 Å². The summed E-state index contributed by atoms with van der Waals surface area (Å²) in [5.74, 6) is 1.09. The van der Waals surface area contributed by atoms with E-state index in [0.717, 1.165) is 88.2 Å². The van der Waals surface area contributed by atoms with E-state index in [1.54, 1.807) is 0 Å². The summed E-state index contributed by atoms with van der Waals surface area (Å²) in [4.78, 5) is 70.3.